The van der Waals surface area contributed by atoms with Crippen molar-refractivity contribution >= 4 is 0 Å². The molecule has 0 amide bonds. The monoisotopic (exact) mass is 290 g/mol. The van der Waals surface area contributed by atoms with E-state index in [-0.39, 0.29) is 88.0 Å². The fourth-order valence-electron chi connectivity index (χ4n) is 0. The predicted octanol–water partition coefficient (Wildman–Crippen LogP) is -0.0125. The van der Waals surface area contributed by atoms with E-state index in [1.165, 1.54) is 0 Å². The van der Waals surface area contributed by atoms with Crippen LogP contribution in [0.15, 0.2) is 0 Å². The van der Waals surface area contributed by atoms with Gasteiger partial charge in [-0.15, -0.1) is 0 Å². The van der Waals surface area contributed by atoms with Crippen LogP contribution in [0.1, 0.15) is 0 Å². The van der Waals surface area contributed by atoms with Gasteiger partial charge in [-0.25, -0.2) is 0 Å². The molecule has 0 aliphatic carbocycles. The molecule has 0 aliphatic rings. The Morgan fingerprint density at radius 1 is 1.00 bits per heavy atom. The van der Waals surface area contributed by atoms with Crippen LogP contribution >= 0.6 is 0 Å². The van der Waals surface area contributed by atoms with Gasteiger partial charge in [-0.3, -0.25) is 0 Å². The van der Waals surface area contributed by atoms with Gasteiger partial charge < -0.3 is 0 Å². The van der Waals surface area contributed by atoms with Crippen LogP contribution in [0, 0.1) is 0 Å². The van der Waals surface area contributed by atoms with Gasteiger partial charge >= 0.3 is 0 Å². The van der Waals surface area contributed by atoms with Gasteiger partial charge in [-0.05, 0) is 0 Å². The summed E-state index contributed by atoms with van der Waals surface area (Å²) in [6.07, 6.45) is 0. The van der Waals surface area contributed by atoms with Gasteiger partial charge in [-0.1, -0.05) is 0 Å². The van der Waals surface area contributed by atoms with Crippen LogP contribution in [-0.4, -0.2) is 0 Å². The molecule has 0 rings (SSSR count). The molecule has 0 aromatic rings. The minimum absolute atomic E-state index is 0. The maximum absolute atomic E-state index is 0. The van der Waals surface area contributed by atoms with E-state index in [2.05, 4.69) is 0 Å². The third kappa shape index (κ3) is 20.3. The summed E-state index contributed by atoms with van der Waals surface area (Å²) in [5.74, 6) is 0. The van der Waals surface area contributed by atoms with E-state index in [1.54, 1.807) is 0 Å². The molecule has 0 nitrogen and oxygen atoms in total. The molecule has 0 aromatic carbocycles. The number of rotatable bonds is 0. The van der Waals surface area contributed by atoms with Crippen LogP contribution in [0.2, 0.25) is 0 Å². The minimum atomic E-state index is 0. The van der Waals surface area contributed by atoms with Crippen LogP contribution in [0.25, 0.3) is 0 Å². The van der Waals surface area contributed by atoms with Crippen LogP contribution in [0.5, 0.6) is 0 Å². The Morgan fingerprint density at radius 3 is 1.00 bits per heavy atom. The standard InChI is InChI=1S/Cr.Cu.Fe.Mn.Zn. The third-order valence-corrected chi connectivity index (χ3v) is 0. The Labute approximate surface area is 86.9 Å². The average Bonchev–Trinajstić information content (AvgIpc) is 0. The zero-order chi connectivity index (χ0) is 0. The van der Waals surface area contributed by atoms with Gasteiger partial charge in [0.2, 0.25) is 0 Å². The topological polar surface area (TPSA) is 0 Å². The van der Waals surface area contributed by atoms with Crippen molar-refractivity contribution in [1.82, 2.24) is 0 Å². The fraction of sp³-hybridized carbons (Fsp3) is 0. The summed E-state index contributed by atoms with van der Waals surface area (Å²) < 4.78 is 0. The summed E-state index contributed by atoms with van der Waals surface area (Å²) in [5, 5.41) is 0. The zero-order valence-corrected chi connectivity index (χ0v) is 9.62. The van der Waals surface area contributed by atoms with Crippen molar-refractivity contribution < 1.29 is 88.0 Å². The Balaban J connectivity index is 0. The van der Waals surface area contributed by atoms with E-state index in [0.29, 0.717) is 0 Å². The third-order valence-electron chi connectivity index (χ3n) is 0. The van der Waals surface area contributed by atoms with Gasteiger partial charge in [0.1, 0.15) is 0 Å². The first-order valence-electron chi connectivity index (χ1n) is 0. The Hall–Kier alpha value is 2.71. The molecule has 0 aliphatic heterocycles. The molecule has 0 fully saturated rings. The van der Waals surface area contributed by atoms with E-state index in [9.17, 15) is 0 Å². The molecule has 0 N–H and O–H groups in total. The molecule has 34 valence electrons. The summed E-state index contributed by atoms with van der Waals surface area (Å²) in [6.45, 7) is 0. The second-order valence-corrected chi connectivity index (χ2v) is 0. The molecule has 0 aromatic heterocycles. The Morgan fingerprint density at radius 2 is 1.00 bits per heavy atom. The van der Waals surface area contributed by atoms with Crippen molar-refractivity contribution in [3.63, 3.8) is 0 Å². The maximum atomic E-state index is 0. The first kappa shape index (κ1) is 47.2. The van der Waals surface area contributed by atoms with Crippen molar-refractivity contribution in [1.29, 1.82) is 0 Å². The van der Waals surface area contributed by atoms with Crippen LogP contribution < -0.4 is 0 Å². The number of hydrogen-bond donors (Lipinski definition) is 0. The minimum Gasteiger partial charge on any atom is 0 e. The van der Waals surface area contributed by atoms with Crippen molar-refractivity contribution in [2.45, 2.75) is 0 Å². The normalized spacial score (nSPS) is 0. The molecule has 0 heterocycles. The zero-order valence-electron chi connectivity index (χ0n) is 2.15. The van der Waals surface area contributed by atoms with E-state index in [0.717, 1.165) is 0 Å². The molecule has 2 radical (unpaired) electrons. The van der Waals surface area contributed by atoms with Gasteiger partial charge in [0, 0.05) is 88.0 Å². The van der Waals surface area contributed by atoms with Gasteiger partial charge in [-0.2, -0.15) is 0 Å². The SMILES string of the molecule is [Cr].[Cu].[Fe].[Mn].[Zn]. The van der Waals surface area contributed by atoms with Crippen molar-refractivity contribution in [3.05, 3.63) is 0 Å². The van der Waals surface area contributed by atoms with Crippen molar-refractivity contribution in [3.8, 4) is 0 Å². The first-order valence-corrected chi connectivity index (χ1v) is 0. The summed E-state index contributed by atoms with van der Waals surface area (Å²) in [5.41, 5.74) is 0. The van der Waals surface area contributed by atoms with Crippen molar-refractivity contribution in [2.24, 2.45) is 0 Å². The molecular formula is CrCuFeMnZn. The molecule has 0 saturated carbocycles. The molecule has 5 heavy (non-hydrogen) atoms. The molecule has 5 heteroatoms. The van der Waals surface area contributed by atoms with Crippen LogP contribution in [0.4, 0.5) is 0 Å². The quantitative estimate of drug-likeness (QED) is 0.551. The molecule has 0 bridgehead atoms. The first-order chi connectivity index (χ1) is 0. The summed E-state index contributed by atoms with van der Waals surface area (Å²) in [7, 11) is 0. The van der Waals surface area contributed by atoms with Crippen molar-refractivity contribution in [2.75, 3.05) is 0 Å². The second kappa shape index (κ2) is 29.8. The van der Waals surface area contributed by atoms with E-state index < -0.39 is 0 Å². The Bertz CT molecular complexity index is 11.6. The molecule has 0 saturated heterocycles. The van der Waals surface area contributed by atoms with Crippen LogP contribution in [0.3, 0.4) is 0 Å². The van der Waals surface area contributed by atoms with Crippen LogP contribution in [-0.2, 0) is 88.0 Å². The van der Waals surface area contributed by atoms with E-state index in [1.807, 2.05) is 0 Å². The van der Waals surface area contributed by atoms with E-state index >= 15 is 0 Å². The largest absolute Gasteiger partial charge is 0 e. The van der Waals surface area contributed by atoms with Gasteiger partial charge in [0.05, 0.1) is 0 Å². The summed E-state index contributed by atoms with van der Waals surface area (Å²) in [4.78, 5) is 0. The smallest absolute Gasteiger partial charge is 0 e. The number of hydrogen-bond acceptors (Lipinski definition) is 0. The molecule has 0 atom stereocenters. The molecule has 0 unspecified atom stereocenters. The summed E-state index contributed by atoms with van der Waals surface area (Å²) >= 11 is 0. The maximum Gasteiger partial charge on any atom is 0 e. The fourth-order valence-corrected chi connectivity index (χ4v) is 0. The second-order valence-electron chi connectivity index (χ2n) is 0. The van der Waals surface area contributed by atoms with Gasteiger partial charge in [0.15, 0.2) is 0 Å². The molecular weight excluding hydrogens is 292 g/mol. The van der Waals surface area contributed by atoms with Gasteiger partial charge in [0.25, 0.3) is 0 Å². The average molecular weight is 292 g/mol. The predicted molar refractivity (Wildman–Crippen MR) is 0 cm³/mol. The van der Waals surface area contributed by atoms with E-state index in [4.69, 9.17) is 0 Å². The summed E-state index contributed by atoms with van der Waals surface area (Å²) in [6, 6.07) is 0. The Kier molecular flexibility index (Phi) is 281. The molecule has 0 spiro atoms.